The highest BCUT2D eigenvalue weighted by molar-refractivity contribution is 7.91. The van der Waals surface area contributed by atoms with Gasteiger partial charge in [-0.05, 0) is 12.1 Å². The average Bonchev–Trinajstić information content (AvgIpc) is 2.29. The molecule has 1 rings (SSSR count). The maximum Gasteiger partial charge on any atom is 0.298 e. The van der Waals surface area contributed by atoms with E-state index in [4.69, 9.17) is 4.74 Å². The lowest BCUT2D eigenvalue weighted by atomic mass is 10.3. The molecule has 0 fully saturated rings. The molecule has 0 unspecified atom stereocenters. The second-order valence-corrected chi connectivity index (χ2v) is 5.21. The highest BCUT2D eigenvalue weighted by atomic mass is 32.2. The van der Waals surface area contributed by atoms with Crippen LogP contribution in [0, 0.1) is 0 Å². The van der Waals surface area contributed by atoms with Crippen LogP contribution in [0.2, 0.25) is 0 Å². The molecule has 0 bridgehead atoms. The lowest BCUT2D eigenvalue weighted by Gasteiger charge is -2.08. The molecule has 0 N–H and O–H groups in total. The quantitative estimate of drug-likeness (QED) is 0.723. The third kappa shape index (κ3) is 2.52. The number of ether oxygens (including phenoxy) is 2. The van der Waals surface area contributed by atoms with Crippen LogP contribution in [0.5, 0.6) is 11.5 Å². The van der Waals surface area contributed by atoms with E-state index in [1.54, 1.807) is 6.92 Å². The van der Waals surface area contributed by atoms with Crippen molar-refractivity contribution in [2.75, 3.05) is 12.9 Å². The van der Waals surface area contributed by atoms with E-state index in [2.05, 4.69) is 4.74 Å². The molecule has 0 atom stereocenters. The summed E-state index contributed by atoms with van der Waals surface area (Å²) in [5.74, 6) is 0.383. The van der Waals surface area contributed by atoms with Gasteiger partial charge in [-0.2, -0.15) is 0 Å². The minimum atomic E-state index is -3.32. The van der Waals surface area contributed by atoms with Crippen LogP contribution in [-0.2, 0) is 14.6 Å². The van der Waals surface area contributed by atoms with Gasteiger partial charge < -0.3 is 9.47 Å². The number of hydrogen-bond donors (Lipinski definition) is 0. The van der Waals surface area contributed by atoms with Crippen LogP contribution in [0.15, 0.2) is 23.1 Å². The van der Waals surface area contributed by atoms with Gasteiger partial charge >= 0.3 is 0 Å². The summed E-state index contributed by atoms with van der Waals surface area (Å²) in [7, 11) is -1.91. The molecular weight excluding hydrogens is 232 g/mol. The Bertz CT molecular complexity index is 478. The molecule has 0 amide bonds. The number of sulfone groups is 1. The Morgan fingerprint density at radius 3 is 2.50 bits per heavy atom. The molecule has 6 heteroatoms. The van der Waals surface area contributed by atoms with Gasteiger partial charge in [0.1, 0.15) is 0 Å². The highest BCUT2D eigenvalue weighted by Crippen LogP contribution is 2.29. The third-order valence-electron chi connectivity index (χ3n) is 2.05. The van der Waals surface area contributed by atoms with Crippen LogP contribution >= 0.6 is 0 Å². The van der Waals surface area contributed by atoms with Gasteiger partial charge in [0.05, 0.1) is 17.8 Å². The number of carbonyl (C=O) groups excluding carboxylic acids is 1. The number of carbonyl (C=O) groups is 1. The molecule has 1 aromatic rings. The molecule has 1 aromatic carbocycles. The number of methoxy groups -OCH3 is 1. The predicted molar refractivity (Wildman–Crippen MR) is 57.4 cm³/mol. The zero-order chi connectivity index (χ0) is 12.2. The molecule has 16 heavy (non-hydrogen) atoms. The maximum atomic E-state index is 11.6. The first-order valence-electron chi connectivity index (χ1n) is 4.56. The molecule has 0 aromatic heterocycles. The molecule has 0 aliphatic rings. The fourth-order valence-electron chi connectivity index (χ4n) is 1.16. The Morgan fingerprint density at radius 2 is 2.00 bits per heavy atom. The largest absolute Gasteiger partial charge is 0.493 e. The van der Waals surface area contributed by atoms with Gasteiger partial charge in [0, 0.05) is 6.07 Å². The van der Waals surface area contributed by atoms with Gasteiger partial charge in [-0.1, -0.05) is 6.92 Å². The van der Waals surface area contributed by atoms with Crippen LogP contribution in [0.3, 0.4) is 0 Å². The minimum absolute atomic E-state index is 0.0140. The molecule has 0 radical (unpaired) electrons. The Kier molecular flexibility index (Phi) is 3.89. The lowest BCUT2D eigenvalue weighted by molar-refractivity contribution is -0.120. The first kappa shape index (κ1) is 12.5. The van der Waals surface area contributed by atoms with Crippen LogP contribution in [0.1, 0.15) is 6.92 Å². The van der Waals surface area contributed by atoms with Crippen molar-refractivity contribution < 1.29 is 22.7 Å². The van der Waals surface area contributed by atoms with Crippen LogP contribution in [0.25, 0.3) is 0 Å². The molecule has 5 nitrogen and oxygen atoms in total. The van der Waals surface area contributed by atoms with Crippen molar-refractivity contribution in [3.63, 3.8) is 0 Å². The van der Waals surface area contributed by atoms with E-state index in [1.807, 2.05) is 0 Å². The molecule has 0 saturated heterocycles. The van der Waals surface area contributed by atoms with E-state index >= 15 is 0 Å². The number of hydrogen-bond acceptors (Lipinski definition) is 5. The maximum absolute atomic E-state index is 11.6. The normalized spacial score (nSPS) is 10.9. The van der Waals surface area contributed by atoms with Crippen LogP contribution in [-0.4, -0.2) is 27.8 Å². The van der Waals surface area contributed by atoms with Crippen molar-refractivity contribution in [2.24, 2.45) is 0 Å². The molecule has 0 saturated carbocycles. The van der Waals surface area contributed by atoms with E-state index in [0.29, 0.717) is 5.75 Å². The van der Waals surface area contributed by atoms with E-state index < -0.39 is 9.84 Å². The summed E-state index contributed by atoms with van der Waals surface area (Å²) in [6, 6.07) is 4.13. The van der Waals surface area contributed by atoms with Gasteiger partial charge in [-0.25, -0.2) is 8.42 Å². The van der Waals surface area contributed by atoms with Gasteiger partial charge in [0.2, 0.25) is 0 Å². The summed E-state index contributed by atoms with van der Waals surface area (Å²) in [6.45, 7) is 1.76. The first-order chi connectivity index (χ1) is 7.55. The van der Waals surface area contributed by atoms with E-state index in [-0.39, 0.29) is 22.9 Å². The summed E-state index contributed by atoms with van der Waals surface area (Å²) in [6.07, 6.45) is 0. The zero-order valence-corrected chi connectivity index (χ0v) is 9.78. The number of rotatable bonds is 5. The van der Waals surface area contributed by atoms with Gasteiger partial charge in [-0.3, -0.25) is 4.79 Å². The third-order valence-corrected chi connectivity index (χ3v) is 3.78. The van der Waals surface area contributed by atoms with Crippen molar-refractivity contribution >= 4 is 16.3 Å². The van der Waals surface area contributed by atoms with Crippen molar-refractivity contribution in [1.29, 1.82) is 0 Å². The topological polar surface area (TPSA) is 69.7 Å². The molecule has 0 spiro atoms. The number of benzene rings is 1. The lowest BCUT2D eigenvalue weighted by Crippen LogP contribution is -2.04. The highest BCUT2D eigenvalue weighted by Gasteiger charge is 2.15. The molecular formula is C10H12O5S. The molecule has 0 heterocycles. The Morgan fingerprint density at radius 1 is 1.31 bits per heavy atom. The van der Waals surface area contributed by atoms with Crippen LogP contribution < -0.4 is 9.47 Å². The van der Waals surface area contributed by atoms with Gasteiger partial charge in [0.15, 0.2) is 21.3 Å². The molecule has 0 aliphatic heterocycles. The van der Waals surface area contributed by atoms with Crippen LogP contribution in [0.4, 0.5) is 0 Å². The monoisotopic (exact) mass is 244 g/mol. The van der Waals surface area contributed by atoms with E-state index in [0.717, 1.165) is 0 Å². The Balaban J connectivity index is 3.26. The standard InChI is InChI=1S/C10H12O5S/c1-3-16(12,13)8-4-5-9(14-2)10(6-8)15-7-11/h4-7H,3H2,1-2H3. The minimum Gasteiger partial charge on any atom is -0.493 e. The second-order valence-electron chi connectivity index (χ2n) is 2.93. The Labute approximate surface area is 93.9 Å². The fraction of sp³-hybridized carbons (Fsp3) is 0.300. The first-order valence-corrected chi connectivity index (χ1v) is 6.21. The second kappa shape index (κ2) is 4.98. The van der Waals surface area contributed by atoms with Gasteiger partial charge in [-0.15, -0.1) is 0 Å². The fourth-order valence-corrected chi connectivity index (χ4v) is 2.06. The average molecular weight is 244 g/mol. The van der Waals surface area contributed by atoms with Crippen molar-refractivity contribution in [3.05, 3.63) is 18.2 Å². The molecule has 0 aliphatic carbocycles. The van der Waals surface area contributed by atoms with E-state index in [1.165, 1.54) is 25.3 Å². The summed E-state index contributed by atoms with van der Waals surface area (Å²) in [5, 5.41) is 0. The summed E-state index contributed by atoms with van der Waals surface area (Å²) >= 11 is 0. The summed E-state index contributed by atoms with van der Waals surface area (Å²) in [5.41, 5.74) is 0. The smallest absolute Gasteiger partial charge is 0.298 e. The SMILES string of the molecule is CCS(=O)(=O)c1ccc(OC)c(OC=O)c1. The summed E-state index contributed by atoms with van der Waals surface area (Å²) in [4.78, 5) is 10.4. The van der Waals surface area contributed by atoms with Gasteiger partial charge in [0.25, 0.3) is 6.47 Å². The predicted octanol–water partition coefficient (Wildman–Crippen LogP) is 1.02. The molecule has 88 valence electrons. The zero-order valence-electron chi connectivity index (χ0n) is 8.97. The van der Waals surface area contributed by atoms with Crippen molar-refractivity contribution in [2.45, 2.75) is 11.8 Å². The van der Waals surface area contributed by atoms with Crippen molar-refractivity contribution in [3.8, 4) is 11.5 Å². The Hall–Kier alpha value is -1.56. The summed E-state index contributed by atoms with van der Waals surface area (Å²) < 4.78 is 32.7. The van der Waals surface area contributed by atoms with Crippen molar-refractivity contribution in [1.82, 2.24) is 0 Å². The van der Waals surface area contributed by atoms with E-state index in [9.17, 15) is 13.2 Å².